The van der Waals surface area contributed by atoms with Crippen LogP contribution in [0.2, 0.25) is 0 Å². The monoisotopic (exact) mass is 335 g/mol. The van der Waals surface area contributed by atoms with Crippen molar-refractivity contribution < 1.29 is 9.18 Å². The largest absolute Gasteiger partial charge is 0.397 e. The number of para-hydroxylation sites is 2. The van der Waals surface area contributed by atoms with Crippen LogP contribution in [0.5, 0.6) is 0 Å². The Balaban J connectivity index is 1.61. The summed E-state index contributed by atoms with van der Waals surface area (Å²) in [4.78, 5) is 12.3. The van der Waals surface area contributed by atoms with Gasteiger partial charge in [-0.15, -0.1) is 0 Å². The average molecular weight is 335 g/mol. The first-order chi connectivity index (χ1) is 12.1. The Kier molecular flexibility index (Phi) is 4.95. The van der Waals surface area contributed by atoms with Gasteiger partial charge in [-0.3, -0.25) is 4.79 Å². The Morgan fingerprint density at radius 3 is 2.44 bits per heavy atom. The number of hydrogen-bond acceptors (Lipinski definition) is 3. The van der Waals surface area contributed by atoms with Gasteiger partial charge in [-0.05, 0) is 48.0 Å². The molecule has 5 heteroatoms. The lowest BCUT2D eigenvalue weighted by molar-refractivity contribution is 0.102. The summed E-state index contributed by atoms with van der Waals surface area (Å²) >= 11 is 0. The maximum absolute atomic E-state index is 13.1. The zero-order valence-electron chi connectivity index (χ0n) is 13.5. The summed E-state index contributed by atoms with van der Waals surface area (Å²) < 4.78 is 13.1. The van der Waals surface area contributed by atoms with Gasteiger partial charge in [0.25, 0.3) is 5.91 Å². The van der Waals surface area contributed by atoms with Crippen LogP contribution in [0.3, 0.4) is 0 Å². The number of nitrogen functional groups attached to an aromatic ring is 1. The van der Waals surface area contributed by atoms with E-state index in [9.17, 15) is 9.18 Å². The molecule has 25 heavy (non-hydrogen) atoms. The average Bonchev–Trinajstić information content (AvgIpc) is 2.62. The summed E-state index contributed by atoms with van der Waals surface area (Å²) in [7, 11) is 0. The van der Waals surface area contributed by atoms with Gasteiger partial charge in [0.15, 0.2) is 0 Å². The molecule has 126 valence electrons. The Bertz CT molecular complexity index is 878. The van der Waals surface area contributed by atoms with Crippen LogP contribution in [-0.2, 0) is 6.54 Å². The van der Waals surface area contributed by atoms with Crippen LogP contribution >= 0.6 is 0 Å². The third kappa shape index (κ3) is 4.35. The minimum Gasteiger partial charge on any atom is -0.397 e. The number of carbonyl (C=O) groups excluding carboxylic acids is 1. The SMILES string of the molecule is Nc1ccccc1NC(=O)c1ccc(CNc2cccc(F)c2)cc1. The quantitative estimate of drug-likeness (QED) is 0.610. The fourth-order valence-electron chi connectivity index (χ4n) is 2.38. The van der Waals surface area contributed by atoms with Crippen LogP contribution < -0.4 is 16.4 Å². The number of halogens is 1. The Labute approximate surface area is 145 Å². The molecule has 1 amide bonds. The topological polar surface area (TPSA) is 67.1 Å². The third-order valence-electron chi connectivity index (χ3n) is 3.75. The predicted octanol–water partition coefficient (Wildman–Crippen LogP) is 4.27. The molecule has 0 saturated carbocycles. The first-order valence-corrected chi connectivity index (χ1v) is 7.86. The van der Waals surface area contributed by atoms with Gasteiger partial charge in [-0.25, -0.2) is 4.39 Å². The highest BCUT2D eigenvalue weighted by molar-refractivity contribution is 6.05. The van der Waals surface area contributed by atoms with Crippen molar-refractivity contribution in [3.8, 4) is 0 Å². The normalized spacial score (nSPS) is 10.3. The molecule has 0 heterocycles. The number of carbonyl (C=O) groups is 1. The minimum absolute atomic E-state index is 0.220. The van der Waals surface area contributed by atoms with E-state index in [1.165, 1.54) is 12.1 Å². The van der Waals surface area contributed by atoms with Gasteiger partial charge < -0.3 is 16.4 Å². The summed E-state index contributed by atoms with van der Waals surface area (Å²) in [6.45, 7) is 0.539. The van der Waals surface area contributed by atoms with Gasteiger partial charge >= 0.3 is 0 Å². The van der Waals surface area contributed by atoms with Crippen molar-refractivity contribution in [1.82, 2.24) is 0 Å². The molecule has 0 unspecified atom stereocenters. The van der Waals surface area contributed by atoms with Crippen LogP contribution in [0.4, 0.5) is 21.5 Å². The molecule has 0 saturated heterocycles. The molecule has 0 bridgehead atoms. The number of nitrogens with two attached hydrogens (primary N) is 1. The van der Waals surface area contributed by atoms with Gasteiger partial charge in [0, 0.05) is 17.8 Å². The van der Waals surface area contributed by atoms with E-state index in [1.54, 1.807) is 36.4 Å². The first kappa shape index (κ1) is 16.5. The van der Waals surface area contributed by atoms with Crippen molar-refractivity contribution in [3.63, 3.8) is 0 Å². The maximum Gasteiger partial charge on any atom is 0.255 e. The number of amides is 1. The molecule has 4 N–H and O–H groups in total. The highest BCUT2D eigenvalue weighted by Gasteiger charge is 2.07. The Morgan fingerprint density at radius 2 is 1.72 bits per heavy atom. The molecule has 0 aliphatic carbocycles. The lowest BCUT2D eigenvalue weighted by atomic mass is 10.1. The number of hydrogen-bond donors (Lipinski definition) is 3. The number of nitrogens with one attached hydrogen (secondary N) is 2. The number of anilines is 3. The van der Waals surface area contributed by atoms with Gasteiger partial charge in [0.1, 0.15) is 5.82 Å². The first-order valence-electron chi connectivity index (χ1n) is 7.86. The summed E-state index contributed by atoms with van der Waals surface area (Å²) in [5.41, 5.74) is 9.17. The fourth-order valence-corrected chi connectivity index (χ4v) is 2.38. The molecule has 0 spiro atoms. The number of rotatable bonds is 5. The van der Waals surface area contributed by atoms with E-state index in [0.717, 1.165) is 5.56 Å². The molecule has 0 radical (unpaired) electrons. The molecule has 0 atom stereocenters. The van der Waals surface area contributed by atoms with Crippen LogP contribution in [-0.4, -0.2) is 5.91 Å². The van der Waals surface area contributed by atoms with E-state index in [4.69, 9.17) is 5.73 Å². The summed E-state index contributed by atoms with van der Waals surface area (Å²) in [5, 5.41) is 5.93. The van der Waals surface area contributed by atoms with E-state index < -0.39 is 0 Å². The molecule has 3 rings (SSSR count). The molecule has 0 fully saturated rings. The highest BCUT2D eigenvalue weighted by Crippen LogP contribution is 2.18. The molecule has 4 nitrogen and oxygen atoms in total. The third-order valence-corrected chi connectivity index (χ3v) is 3.75. The summed E-state index contributed by atoms with van der Waals surface area (Å²) in [6.07, 6.45) is 0. The second-order valence-corrected chi connectivity index (χ2v) is 5.60. The molecule has 3 aromatic rings. The van der Waals surface area contributed by atoms with Crippen LogP contribution in [0.25, 0.3) is 0 Å². The maximum atomic E-state index is 13.1. The van der Waals surface area contributed by atoms with E-state index in [-0.39, 0.29) is 11.7 Å². The van der Waals surface area contributed by atoms with E-state index in [1.807, 2.05) is 24.3 Å². The zero-order valence-corrected chi connectivity index (χ0v) is 13.5. The van der Waals surface area contributed by atoms with Crippen molar-refractivity contribution in [3.05, 3.63) is 89.7 Å². The summed E-state index contributed by atoms with van der Waals surface area (Å²) in [6, 6.07) is 20.6. The van der Waals surface area contributed by atoms with Gasteiger partial charge in [0.05, 0.1) is 11.4 Å². The van der Waals surface area contributed by atoms with Crippen LogP contribution in [0.15, 0.2) is 72.8 Å². The molecular weight excluding hydrogens is 317 g/mol. The Hall–Kier alpha value is -3.34. The van der Waals surface area contributed by atoms with Gasteiger partial charge in [-0.1, -0.05) is 30.3 Å². The van der Waals surface area contributed by atoms with Gasteiger partial charge in [0.2, 0.25) is 0 Å². The number of benzene rings is 3. The fraction of sp³-hybridized carbons (Fsp3) is 0.0500. The molecule has 0 aliphatic rings. The van der Waals surface area contributed by atoms with Crippen LogP contribution in [0, 0.1) is 5.82 Å². The predicted molar refractivity (Wildman–Crippen MR) is 99.0 cm³/mol. The molecule has 0 aromatic heterocycles. The second-order valence-electron chi connectivity index (χ2n) is 5.60. The standard InChI is InChI=1S/C20H18FN3O/c21-16-4-3-5-17(12-16)23-13-14-8-10-15(11-9-14)20(25)24-19-7-2-1-6-18(19)22/h1-12,23H,13,22H2,(H,24,25). The second kappa shape index (κ2) is 7.49. The zero-order chi connectivity index (χ0) is 17.6. The van der Waals surface area contributed by atoms with Crippen molar-refractivity contribution in [2.24, 2.45) is 0 Å². The molecule has 3 aromatic carbocycles. The van der Waals surface area contributed by atoms with Crippen molar-refractivity contribution in [1.29, 1.82) is 0 Å². The van der Waals surface area contributed by atoms with Crippen molar-refractivity contribution >= 4 is 23.0 Å². The minimum atomic E-state index is -0.280. The molecule has 0 aliphatic heterocycles. The smallest absolute Gasteiger partial charge is 0.255 e. The highest BCUT2D eigenvalue weighted by atomic mass is 19.1. The summed E-state index contributed by atoms with van der Waals surface area (Å²) in [5.74, 6) is -0.500. The lowest BCUT2D eigenvalue weighted by Gasteiger charge is -2.09. The van der Waals surface area contributed by atoms with Crippen molar-refractivity contribution in [2.45, 2.75) is 6.54 Å². The van der Waals surface area contributed by atoms with E-state index in [0.29, 0.717) is 29.2 Å². The molecular formula is C20H18FN3O. The van der Waals surface area contributed by atoms with Gasteiger partial charge in [-0.2, -0.15) is 0 Å². The van der Waals surface area contributed by atoms with Crippen molar-refractivity contribution in [2.75, 3.05) is 16.4 Å². The lowest BCUT2D eigenvalue weighted by Crippen LogP contribution is -2.13. The van der Waals surface area contributed by atoms with E-state index >= 15 is 0 Å². The van der Waals surface area contributed by atoms with E-state index in [2.05, 4.69) is 10.6 Å². The van der Waals surface area contributed by atoms with Crippen LogP contribution in [0.1, 0.15) is 15.9 Å². The Morgan fingerprint density at radius 1 is 0.960 bits per heavy atom.